The number of benzene rings is 2. The molecule has 0 amide bonds. The fourth-order valence-corrected chi connectivity index (χ4v) is 4.97. The van der Waals surface area contributed by atoms with E-state index in [9.17, 15) is 0 Å². The van der Waals surface area contributed by atoms with Gasteiger partial charge in [0, 0.05) is 43.5 Å². The Morgan fingerprint density at radius 2 is 1.69 bits per heavy atom. The predicted octanol–water partition coefficient (Wildman–Crippen LogP) is 5.68. The lowest BCUT2D eigenvalue weighted by atomic mass is 9.80. The molecule has 3 aromatic rings. The smallest absolute Gasteiger partial charge is 0.161 e. The zero-order valence-electron chi connectivity index (χ0n) is 17.2. The van der Waals surface area contributed by atoms with Crippen molar-refractivity contribution in [3.8, 4) is 0 Å². The first-order chi connectivity index (χ1) is 14.1. The SMILES string of the molecule is C=CC1c2ccccc2N2c3nccc(N(C)C)c3N(c3ccccc3)C2C1C. The molecule has 2 aromatic carbocycles. The number of hydrogen-bond acceptors (Lipinski definition) is 4. The molecular weight excluding hydrogens is 356 g/mol. The molecule has 146 valence electrons. The summed E-state index contributed by atoms with van der Waals surface area (Å²) >= 11 is 0. The number of anilines is 5. The summed E-state index contributed by atoms with van der Waals surface area (Å²) in [5.74, 6) is 1.65. The van der Waals surface area contributed by atoms with Gasteiger partial charge in [0.25, 0.3) is 0 Å². The number of allylic oxidation sites excluding steroid dienone is 1. The van der Waals surface area contributed by atoms with Gasteiger partial charge in [0.1, 0.15) is 11.9 Å². The molecular formula is C25H26N4. The van der Waals surface area contributed by atoms with E-state index in [2.05, 4.69) is 109 Å². The summed E-state index contributed by atoms with van der Waals surface area (Å²) in [5, 5.41) is 0. The minimum absolute atomic E-state index is 0.138. The Labute approximate surface area is 172 Å². The van der Waals surface area contributed by atoms with E-state index in [4.69, 9.17) is 4.98 Å². The van der Waals surface area contributed by atoms with E-state index in [1.165, 1.54) is 28.3 Å². The van der Waals surface area contributed by atoms with Crippen LogP contribution in [0.5, 0.6) is 0 Å². The zero-order chi connectivity index (χ0) is 20.1. The summed E-state index contributed by atoms with van der Waals surface area (Å²) < 4.78 is 0. The molecule has 0 bridgehead atoms. The summed E-state index contributed by atoms with van der Waals surface area (Å²) in [6, 6.07) is 21.5. The van der Waals surface area contributed by atoms with E-state index in [1.807, 2.05) is 6.20 Å². The second-order valence-electron chi connectivity index (χ2n) is 8.07. The van der Waals surface area contributed by atoms with E-state index < -0.39 is 0 Å². The van der Waals surface area contributed by atoms with Crippen molar-refractivity contribution in [2.24, 2.45) is 5.92 Å². The van der Waals surface area contributed by atoms with E-state index in [1.54, 1.807) is 0 Å². The van der Waals surface area contributed by atoms with Gasteiger partial charge >= 0.3 is 0 Å². The van der Waals surface area contributed by atoms with Gasteiger partial charge < -0.3 is 14.7 Å². The van der Waals surface area contributed by atoms with Crippen LogP contribution >= 0.6 is 0 Å². The van der Waals surface area contributed by atoms with Crippen molar-refractivity contribution in [3.05, 3.63) is 85.1 Å². The van der Waals surface area contributed by atoms with Crippen LogP contribution in [0.3, 0.4) is 0 Å². The molecule has 3 heterocycles. The Kier molecular flexibility index (Phi) is 4.09. The van der Waals surface area contributed by atoms with Crippen LogP contribution in [-0.4, -0.2) is 25.2 Å². The second-order valence-corrected chi connectivity index (χ2v) is 8.07. The van der Waals surface area contributed by atoms with Crippen LogP contribution in [0.25, 0.3) is 0 Å². The number of aromatic nitrogens is 1. The van der Waals surface area contributed by atoms with E-state index >= 15 is 0 Å². The van der Waals surface area contributed by atoms with Crippen LogP contribution in [0.2, 0.25) is 0 Å². The molecule has 2 aliphatic heterocycles. The molecule has 0 spiro atoms. The van der Waals surface area contributed by atoms with Crippen molar-refractivity contribution in [1.82, 2.24) is 4.98 Å². The van der Waals surface area contributed by atoms with Crippen LogP contribution in [-0.2, 0) is 0 Å². The molecule has 0 N–H and O–H groups in total. The molecule has 3 unspecified atom stereocenters. The predicted molar refractivity (Wildman–Crippen MR) is 122 cm³/mol. The lowest BCUT2D eigenvalue weighted by Gasteiger charge is -2.44. The number of rotatable bonds is 3. The summed E-state index contributed by atoms with van der Waals surface area (Å²) in [5.41, 5.74) is 6.08. The monoisotopic (exact) mass is 382 g/mol. The number of pyridine rings is 1. The normalized spacial score (nSPS) is 22.0. The second kappa shape index (κ2) is 6.66. The molecule has 5 rings (SSSR count). The highest BCUT2D eigenvalue weighted by Crippen LogP contribution is 2.57. The number of nitrogens with zero attached hydrogens (tertiary/aromatic N) is 4. The van der Waals surface area contributed by atoms with E-state index in [-0.39, 0.29) is 12.1 Å². The van der Waals surface area contributed by atoms with Crippen LogP contribution in [0, 0.1) is 5.92 Å². The third-order valence-electron chi connectivity index (χ3n) is 6.24. The fourth-order valence-electron chi connectivity index (χ4n) is 4.97. The first kappa shape index (κ1) is 17.8. The fraction of sp³-hybridized carbons (Fsp3) is 0.240. The number of fused-ring (bicyclic) bond motifs is 5. The lowest BCUT2D eigenvalue weighted by Crippen LogP contribution is -2.48. The van der Waals surface area contributed by atoms with Gasteiger partial charge in [0.05, 0.1) is 5.69 Å². The Balaban J connectivity index is 1.82. The Bertz CT molecular complexity index is 1060. The molecule has 0 saturated heterocycles. The van der Waals surface area contributed by atoms with Crippen LogP contribution in [0.15, 0.2) is 79.5 Å². The Hall–Kier alpha value is -3.27. The molecule has 1 aromatic heterocycles. The topological polar surface area (TPSA) is 22.6 Å². The highest BCUT2D eigenvalue weighted by Gasteiger charge is 2.49. The van der Waals surface area contributed by atoms with Gasteiger partial charge in [-0.1, -0.05) is 49.4 Å². The quantitative estimate of drug-likeness (QED) is 0.543. The van der Waals surface area contributed by atoms with Gasteiger partial charge in [-0.15, -0.1) is 6.58 Å². The van der Waals surface area contributed by atoms with Gasteiger partial charge in [0.15, 0.2) is 5.82 Å². The van der Waals surface area contributed by atoms with E-state index in [0.29, 0.717) is 5.92 Å². The molecule has 0 radical (unpaired) electrons. The molecule has 4 nitrogen and oxygen atoms in total. The Morgan fingerprint density at radius 1 is 0.966 bits per heavy atom. The maximum Gasteiger partial charge on any atom is 0.161 e. The maximum atomic E-state index is 4.88. The van der Waals surface area contributed by atoms with Gasteiger partial charge in [0.2, 0.25) is 0 Å². The lowest BCUT2D eigenvalue weighted by molar-refractivity contribution is 0.409. The van der Waals surface area contributed by atoms with Crippen molar-refractivity contribution < 1.29 is 0 Å². The number of para-hydroxylation sites is 2. The molecule has 0 fully saturated rings. The van der Waals surface area contributed by atoms with Gasteiger partial charge in [-0.3, -0.25) is 0 Å². The van der Waals surface area contributed by atoms with Gasteiger partial charge in [-0.2, -0.15) is 0 Å². The van der Waals surface area contributed by atoms with Gasteiger partial charge in [-0.25, -0.2) is 4.98 Å². The summed E-state index contributed by atoms with van der Waals surface area (Å²) in [7, 11) is 4.19. The molecule has 0 saturated carbocycles. The van der Waals surface area contributed by atoms with Gasteiger partial charge in [-0.05, 0) is 29.8 Å². The highest BCUT2D eigenvalue weighted by molar-refractivity contribution is 5.95. The molecule has 0 aliphatic carbocycles. The average Bonchev–Trinajstić information content (AvgIpc) is 3.10. The Morgan fingerprint density at radius 3 is 2.41 bits per heavy atom. The summed E-state index contributed by atoms with van der Waals surface area (Å²) in [6.45, 7) is 6.51. The van der Waals surface area contributed by atoms with Crippen molar-refractivity contribution in [3.63, 3.8) is 0 Å². The zero-order valence-corrected chi connectivity index (χ0v) is 17.2. The molecule has 2 aliphatic rings. The number of hydrogen-bond donors (Lipinski definition) is 0. The summed E-state index contributed by atoms with van der Waals surface area (Å²) in [6.07, 6.45) is 4.17. The maximum absolute atomic E-state index is 4.88. The minimum Gasteiger partial charge on any atom is -0.376 e. The van der Waals surface area contributed by atoms with Crippen LogP contribution in [0.1, 0.15) is 18.4 Å². The molecule has 3 atom stereocenters. The average molecular weight is 383 g/mol. The largest absolute Gasteiger partial charge is 0.376 e. The third-order valence-corrected chi connectivity index (χ3v) is 6.24. The van der Waals surface area contributed by atoms with Crippen LogP contribution in [0.4, 0.5) is 28.6 Å². The first-order valence-corrected chi connectivity index (χ1v) is 10.1. The van der Waals surface area contributed by atoms with Crippen LogP contribution < -0.4 is 14.7 Å². The highest BCUT2D eigenvalue weighted by atomic mass is 15.5. The third kappa shape index (κ3) is 2.48. The summed E-state index contributed by atoms with van der Waals surface area (Å²) in [4.78, 5) is 11.9. The van der Waals surface area contributed by atoms with Crippen molar-refractivity contribution >= 4 is 28.6 Å². The minimum atomic E-state index is 0.138. The van der Waals surface area contributed by atoms with Crippen molar-refractivity contribution in [2.45, 2.75) is 19.0 Å². The van der Waals surface area contributed by atoms with E-state index in [0.717, 1.165) is 5.82 Å². The standard InChI is InChI=1S/C25H26N4/c1-5-19-17(2)25-28(18-11-7-6-8-12-18)23-22(27(3)4)15-16-26-24(23)29(25)21-14-10-9-13-20(19)21/h5-17,19,25H,1H2,2-4H3. The first-order valence-electron chi connectivity index (χ1n) is 10.1. The molecule has 29 heavy (non-hydrogen) atoms. The van der Waals surface area contributed by atoms with Crippen molar-refractivity contribution in [2.75, 3.05) is 28.8 Å². The van der Waals surface area contributed by atoms with Crippen molar-refractivity contribution in [1.29, 1.82) is 0 Å². The molecule has 4 heteroatoms.